The van der Waals surface area contributed by atoms with Gasteiger partial charge in [0.05, 0.1) is 6.04 Å². The van der Waals surface area contributed by atoms with Gasteiger partial charge in [-0.25, -0.2) is 0 Å². The van der Waals surface area contributed by atoms with Crippen LogP contribution in [0.5, 0.6) is 0 Å². The first-order chi connectivity index (χ1) is 10.1. The molecule has 7 heteroatoms. The maximum absolute atomic E-state index is 12.3. The van der Waals surface area contributed by atoms with Gasteiger partial charge in [0.15, 0.2) is 5.82 Å². The smallest absolute Gasteiger partial charge is 0.239 e. The lowest BCUT2D eigenvalue weighted by atomic mass is 9.94. The molecule has 0 spiro atoms. The summed E-state index contributed by atoms with van der Waals surface area (Å²) in [5.74, 6) is 2.73. The van der Waals surface area contributed by atoms with Crippen molar-refractivity contribution in [1.29, 1.82) is 0 Å². The molecule has 1 aliphatic heterocycles. The van der Waals surface area contributed by atoms with E-state index in [2.05, 4.69) is 10.1 Å². The molecule has 1 aromatic heterocycles. The van der Waals surface area contributed by atoms with Gasteiger partial charge < -0.3 is 15.2 Å². The van der Waals surface area contributed by atoms with Crippen molar-refractivity contribution in [2.24, 2.45) is 11.7 Å². The third-order valence-corrected chi connectivity index (χ3v) is 4.47. The minimum Gasteiger partial charge on any atom is -0.341 e. The van der Waals surface area contributed by atoms with E-state index in [4.69, 9.17) is 10.3 Å². The fourth-order valence-electron chi connectivity index (χ4n) is 2.72. The van der Waals surface area contributed by atoms with Crippen LogP contribution in [0.4, 0.5) is 0 Å². The maximum Gasteiger partial charge on any atom is 0.239 e. The molecule has 0 saturated carbocycles. The highest BCUT2D eigenvalue weighted by Crippen LogP contribution is 2.20. The molecule has 1 amide bonds. The Labute approximate surface area is 129 Å². The van der Waals surface area contributed by atoms with Gasteiger partial charge in [-0.15, -0.1) is 0 Å². The van der Waals surface area contributed by atoms with Crippen LogP contribution in [0.1, 0.15) is 31.0 Å². The largest absolute Gasteiger partial charge is 0.341 e. The quantitative estimate of drug-likeness (QED) is 0.850. The number of carbonyl (C=O) groups excluding carboxylic acids is 1. The number of carbonyl (C=O) groups is 1. The second-order valence-corrected chi connectivity index (χ2v) is 6.60. The average molecular weight is 312 g/mol. The molecule has 2 rings (SSSR count). The molecule has 118 valence electrons. The number of hydrogen-bond donors (Lipinski definition) is 1. The molecule has 1 aliphatic rings. The van der Waals surface area contributed by atoms with Crippen LogP contribution in [0.2, 0.25) is 0 Å². The molecular formula is C14H24N4O2S. The normalized spacial score (nSPS) is 20.5. The number of piperidine rings is 1. The standard InChI is InChI=1S/C14H24N4O2S/c1-10-16-13(17-20-10)8-11-4-3-6-18(9-11)14(19)12(15)5-7-21-2/h11-12H,3-9,15H2,1-2H3/t11-,12-/m0/s1. The zero-order valence-corrected chi connectivity index (χ0v) is 13.6. The number of thioether (sulfide) groups is 1. The summed E-state index contributed by atoms with van der Waals surface area (Å²) in [5.41, 5.74) is 5.99. The SMILES string of the molecule is CSCC[C@H](N)C(=O)N1CCC[C@@H](Cc2noc(C)n2)C1. The van der Waals surface area contributed by atoms with Gasteiger partial charge in [0.1, 0.15) is 0 Å². The second kappa shape index (κ2) is 7.79. The zero-order chi connectivity index (χ0) is 15.2. The van der Waals surface area contributed by atoms with Crippen molar-refractivity contribution >= 4 is 17.7 Å². The summed E-state index contributed by atoms with van der Waals surface area (Å²) in [4.78, 5) is 18.5. The van der Waals surface area contributed by atoms with E-state index in [-0.39, 0.29) is 11.9 Å². The van der Waals surface area contributed by atoms with Gasteiger partial charge in [-0.05, 0) is 37.2 Å². The molecule has 2 heterocycles. The fourth-order valence-corrected chi connectivity index (χ4v) is 3.21. The van der Waals surface area contributed by atoms with Crippen molar-refractivity contribution in [3.8, 4) is 0 Å². The van der Waals surface area contributed by atoms with Crippen LogP contribution in [0, 0.1) is 12.8 Å². The van der Waals surface area contributed by atoms with E-state index in [9.17, 15) is 4.79 Å². The van der Waals surface area contributed by atoms with Crippen LogP contribution in [-0.2, 0) is 11.2 Å². The molecule has 0 aromatic carbocycles. The zero-order valence-electron chi connectivity index (χ0n) is 12.7. The Hall–Kier alpha value is -1.08. The summed E-state index contributed by atoms with van der Waals surface area (Å²) >= 11 is 1.72. The third kappa shape index (κ3) is 4.71. The molecule has 1 saturated heterocycles. The predicted octanol–water partition coefficient (Wildman–Crippen LogP) is 1.24. The number of amides is 1. The van der Waals surface area contributed by atoms with Gasteiger partial charge in [-0.2, -0.15) is 16.7 Å². The van der Waals surface area contributed by atoms with Crippen molar-refractivity contribution < 1.29 is 9.32 Å². The van der Waals surface area contributed by atoms with Crippen molar-refractivity contribution in [3.63, 3.8) is 0 Å². The highest BCUT2D eigenvalue weighted by molar-refractivity contribution is 7.98. The Morgan fingerprint density at radius 2 is 2.43 bits per heavy atom. The molecular weight excluding hydrogens is 288 g/mol. The summed E-state index contributed by atoms with van der Waals surface area (Å²) in [6, 6.07) is -0.372. The van der Waals surface area contributed by atoms with E-state index in [0.717, 1.165) is 50.4 Å². The topological polar surface area (TPSA) is 85.3 Å². The van der Waals surface area contributed by atoms with Crippen molar-refractivity contribution in [2.75, 3.05) is 25.1 Å². The monoisotopic (exact) mass is 312 g/mol. The molecule has 0 radical (unpaired) electrons. The molecule has 21 heavy (non-hydrogen) atoms. The van der Waals surface area contributed by atoms with Gasteiger partial charge in [-0.3, -0.25) is 4.79 Å². The van der Waals surface area contributed by atoms with Gasteiger partial charge in [0.25, 0.3) is 0 Å². The molecule has 0 unspecified atom stereocenters. The first-order valence-corrected chi connectivity index (χ1v) is 8.82. The summed E-state index contributed by atoms with van der Waals surface area (Å²) in [6.45, 7) is 3.35. The Morgan fingerprint density at radius 3 is 3.10 bits per heavy atom. The number of aromatic nitrogens is 2. The Balaban J connectivity index is 1.86. The number of nitrogens with zero attached hydrogens (tertiary/aromatic N) is 3. The van der Waals surface area contributed by atoms with Crippen LogP contribution in [0.25, 0.3) is 0 Å². The van der Waals surface area contributed by atoms with E-state index < -0.39 is 0 Å². The van der Waals surface area contributed by atoms with Gasteiger partial charge in [0, 0.05) is 26.4 Å². The van der Waals surface area contributed by atoms with Crippen LogP contribution in [0.15, 0.2) is 4.52 Å². The first-order valence-electron chi connectivity index (χ1n) is 7.42. The Morgan fingerprint density at radius 1 is 1.62 bits per heavy atom. The lowest BCUT2D eigenvalue weighted by Gasteiger charge is -2.33. The number of nitrogens with two attached hydrogens (primary N) is 1. The minimum absolute atomic E-state index is 0.0815. The molecule has 0 aliphatic carbocycles. The minimum atomic E-state index is -0.372. The van der Waals surface area contributed by atoms with Crippen LogP contribution < -0.4 is 5.73 Å². The Kier molecular flexibility index (Phi) is 6.05. The van der Waals surface area contributed by atoms with E-state index >= 15 is 0 Å². The number of likely N-dealkylation sites (tertiary alicyclic amines) is 1. The first kappa shape index (κ1) is 16.3. The summed E-state index contributed by atoms with van der Waals surface area (Å²) in [7, 11) is 0. The Bertz CT molecular complexity index is 466. The van der Waals surface area contributed by atoms with E-state index in [0.29, 0.717) is 11.8 Å². The molecule has 2 atom stereocenters. The van der Waals surface area contributed by atoms with Crippen molar-refractivity contribution in [1.82, 2.24) is 15.0 Å². The highest BCUT2D eigenvalue weighted by Gasteiger charge is 2.27. The third-order valence-electron chi connectivity index (χ3n) is 3.82. The molecule has 1 fully saturated rings. The maximum atomic E-state index is 12.3. The van der Waals surface area contributed by atoms with Gasteiger partial charge in [-0.1, -0.05) is 5.16 Å². The van der Waals surface area contributed by atoms with Crippen LogP contribution in [0.3, 0.4) is 0 Å². The van der Waals surface area contributed by atoms with Gasteiger partial charge >= 0.3 is 0 Å². The molecule has 1 aromatic rings. The summed E-state index contributed by atoms with van der Waals surface area (Å²) < 4.78 is 5.00. The van der Waals surface area contributed by atoms with Crippen LogP contribution >= 0.6 is 11.8 Å². The van der Waals surface area contributed by atoms with E-state index in [1.807, 2.05) is 11.2 Å². The average Bonchev–Trinajstić information content (AvgIpc) is 2.89. The van der Waals surface area contributed by atoms with Crippen LogP contribution in [-0.4, -0.2) is 52.1 Å². The van der Waals surface area contributed by atoms with E-state index in [1.165, 1.54) is 0 Å². The highest BCUT2D eigenvalue weighted by atomic mass is 32.2. The second-order valence-electron chi connectivity index (χ2n) is 5.61. The van der Waals surface area contributed by atoms with Crippen molar-refractivity contribution in [3.05, 3.63) is 11.7 Å². The van der Waals surface area contributed by atoms with E-state index in [1.54, 1.807) is 18.7 Å². The van der Waals surface area contributed by atoms with Gasteiger partial charge in [0.2, 0.25) is 11.8 Å². The number of hydrogen-bond acceptors (Lipinski definition) is 6. The molecule has 6 nitrogen and oxygen atoms in total. The fraction of sp³-hybridized carbons (Fsp3) is 0.786. The lowest BCUT2D eigenvalue weighted by molar-refractivity contribution is -0.134. The molecule has 2 N–H and O–H groups in total. The summed E-state index contributed by atoms with van der Waals surface area (Å²) in [5, 5.41) is 3.94. The number of rotatable bonds is 6. The predicted molar refractivity (Wildman–Crippen MR) is 83.0 cm³/mol. The van der Waals surface area contributed by atoms with Crippen molar-refractivity contribution in [2.45, 2.75) is 38.6 Å². The lowest BCUT2D eigenvalue weighted by Crippen LogP contribution is -2.48. The summed E-state index contributed by atoms with van der Waals surface area (Å²) in [6.07, 6.45) is 5.65. The number of aryl methyl sites for hydroxylation is 1. The molecule has 0 bridgehead atoms.